The summed E-state index contributed by atoms with van der Waals surface area (Å²) < 4.78 is 1.97. The van der Waals surface area contributed by atoms with Crippen molar-refractivity contribution in [2.24, 2.45) is 0 Å². The minimum absolute atomic E-state index is 0.235. The van der Waals surface area contributed by atoms with Crippen molar-refractivity contribution in [3.8, 4) is 5.69 Å². The molecule has 24 heavy (non-hydrogen) atoms. The van der Waals surface area contributed by atoms with Crippen LogP contribution in [-0.4, -0.2) is 31.2 Å². The maximum absolute atomic E-state index is 4.77. The summed E-state index contributed by atoms with van der Waals surface area (Å²) in [5.74, 6) is 1.81. The zero-order valence-electron chi connectivity index (χ0n) is 14.1. The number of nitrogens with zero attached hydrogens (tertiary/aromatic N) is 5. The molecule has 1 aliphatic rings. The Kier molecular flexibility index (Phi) is 3.86. The van der Waals surface area contributed by atoms with E-state index in [9.17, 15) is 0 Å². The third-order valence-corrected chi connectivity index (χ3v) is 4.70. The molecule has 0 amide bonds. The highest BCUT2D eigenvalue weighted by Gasteiger charge is 2.30. The van der Waals surface area contributed by atoms with Gasteiger partial charge in [0.05, 0.1) is 11.7 Å². The molecule has 3 heterocycles. The van der Waals surface area contributed by atoms with Crippen LogP contribution in [0, 0.1) is 6.92 Å². The molecule has 0 unspecified atom stereocenters. The molecular formula is C19H21N5. The van der Waals surface area contributed by atoms with E-state index in [1.54, 1.807) is 12.4 Å². The van der Waals surface area contributed by atoms with Gasteiger partial charge >= 0.3 is 0 Å². The van der Waals surface area contributed by atoms with E-state index in [4.69, 9.17) is 4.98 Å². The van der Waals surface area contributed by atoms with Gasteiger partial charge < -0.3 is 0 Å². The van der Waals surface area contributed by atoms with Gasteiger partial charge in [-0.15, -0.1) is 0 Å². The Morgan fingerprint density at radius 1 is 1.08 bits per heavy atom. The van der Waals surface area contributed by atoms with E-state index in [-0.39, 0.29) is 6.04 Å². The van der Waals surface area contributed by atoms with Crippen LogP contribution in [0.3, 0.4) is 0 Å². The molecule has 3 aromatic rings. The molecular weight excluding hydrogens is 298 g/mol. The molecule has 1 atom stereocenters. The number of fused-ring (bicyclic) bond motifs is 1. The van der Waals surface area contributed by atoms with Gasteiger partial charge in [-0.25, -0.2) is 9.67 Å². The zero-order valence-corrected chi connectivity index (χ0v) is 14.1. The van der Waals surface area contributed by atoms with Gasteiger partial charge in [0.2, 0.25) is 0 Å². The summed E-state index contributed by atoms with van der Waals surface area (Å²) in [5, 5.41) is 4.63. The number of hydrogen-bond acceptors (Lipinski definition) is 4. The highest BCUT2D eigenvalue weighted by Crippen LogP contribution is 2.33. The maximum Gasteiger partial charge on any atom is 0.150 e. The first-order valence-corrected chi connectivity index (χ1v) is 8.41. The Morgan fingerprint density at radius 2 is 1.83 bits per heavy atom. The Bertz CT molecular complexity index is 840. The van der Waals surface area contributed by atoms with E-state index < -0.39 is 0 Å². The van der Waals surface area contributed by atoms with Crippen molar-refractivity contribution in [3.05, 3.63) is 71.6 Å². The Labute approximate surface area is 142 Å². The predicted molar refractivity (Wildman–Crippen MR) is 92.9 cm³/mol. The molecule has 2 aromatic heterocycles. The lowest BCUT2D eigenvalue weighted by molar-refractivity contribution is 0.172. The molecule has 0 bridgehead atoms. The largest absolute Gasteiger partial charge is 0.289 e. The quantitative estimate of drug-likeness (QED) is 0.744. The minimum Gasteiger partial charge on any atom is -0.289 e. The van der Waals surface area contributed by atoms with E-state index in [0.717, 1.165) is 36.8 Å². The van der Waals surface area contributed by atoms with Crippen LogP contribution in [-0.2, 0) is 13.0 Å². The lowest BCUT2D eigenvalue weighted by atomic mass is 9.93. The summed E-state index contributed by atoms with van der Waals surface area (Å²) in [4.78, 5) is 11.4. The standard InChI is InChI=1S/C19H21N5/c1-3-23-13-16-7-5-4-6-15(16)12-18(23)19-21-14(2)22-24(19)17-8-10-20-11-9-17/h4-11,18H,3,12-13H2,1-2H3/t18-/m0/s1. The average molecular weight is 319 g/mol. The van der Waals surface area contributed by atoms with Crippen LogP contribution in [0.2, 0.25) is 0 Å². The van der Waals surface area contributed by atoms with Crippen molar-refractivity contribution in [3.63, 3.8) is 0 Å². The number of aromatic nitrogens is 4. The van der Waals surface area contributed by atoms with Crippen molar-refractivity contribution in [1.29, 1.82) is 0 Å². The molecule has 0 spiro atoms. The average Bonchev–Trinajstić information content (AvgIpc) is 3.03. The summed E-state index contributed by atoms with van der Waals surface area (Å²) in [6, 6.07) is 12.9. The van der Waals surface area contributed by atoms with Crippen molar-refractivity contribution < 1.29 is 0 Å². The fourth-order valence-corrected chi connectivity index (χ4v) is 3.49. The second-order valence-corrected chi connectivity index (χ2v) is 6.19. The van der Waals surface area contributed by atoms with Gasteiger partial charge in [-0.05, 0) is 43.1 Å². The van der Waals surface area contributed by atoms with Crippen LogP contribution in [0.25, 0.3) is 5.69 Å². The molecule has 0 saturated heterocycles. The molecule has 4 rings (SSSR count). The van der Waals surface area contributed by atoms with Gasteiger partial charge in [-0.2, -0.15) is 5.10 Å². The number of aryl methyl sites for hydroxylation is 1. The van der Waals surface area contributed by atoms with Gasteiger partial charge in [0.25, 0.3) is 0 Å². The lowest BCUT2D eigenvalue weighted by Crippen LogP contribution is -2.35. The van der Waals surface area contributed by atoms with Crippen molar-refractivity contribution in [2.75, 3.05) is 6.54 Å². The van der Waals surface area contributed by atoms with Gasteiger partial charge in [0.1, 0.15) is 11.6 Å². The summed E-state index contributed by atoms with van der Waals surface area (Å²) in [5.41, 5.74) is 3.84. The number of rotatable bonds is 3. The molecule has 0 radical (unpaired) electrons. The van der Waals surface area contributed by atoms with Crippen molar-refractivity contribution in [1.82, 2.24) is 24.6 Å². The molecule has 122 valence electrons. The van der Waals surface area contributed by atoms with Gasteiger partial charge in [-0.1, -0.05) is 31.2 Å². The first-order chi connectivity index (χ1) is 11.8. The van der Waals surface area contributed by atoms with E-state index in [2.05, 4.69) is 46.2 Å². The number of benzene rings is 1. The number of pyridine rings is 1. The molecule has 5 heteroatoms. The first-order valence-electron chi connectivity index (χ1n) is 8.41. The second-order valence-electron chi connectivity index (χ2n) is 6.19. The summed E-state index contributed by atoms with van der Waals surface area (Å²) in [7, 11) is 0. The van der Waals surface area contributed by atoms with E-state index in [0.29, 0.717) is 0 Å². The summed E-state index contributed by atoms with van der Waals surface area (Å²) >= 11 is 0. The SMILES string of the molecule is CCN1Cc2ccccc2C[C@H]1c1nc(C)nn1-c1ccncc1. The van der Waals surface area contributed by atoms with Crippen molar-refractivity contribution >= 4 is 0 Å². The smallest absolute Gasteiger partial charge is 0.150 e. The van der Waals surface area contributed by atoms with Crippen LogP contribution in [0.1, 0.15) is 35.7 Å². The molecule has 0 fully saturated rings. The van der Waals surface area contributed by atoms with Gasteiger partial charge in [-0.3, -0.25) is 9.88 Å². The van der Waals surface area contributed by atoms with E-state index in [1.807, 2.05) is 23.7 Å². The summed E-state index contributed by atoms with van der Waals surface area (Å²) in [6.45, 7) is 6.11. The maximum atomic E-state index is 4.77. The predicted octanol–water partition coefficient (Wildman–Crippen LogP) is 3.09. The lowest BCUT2D eigenvalue weighted by Gasteiger charge is -2.35. The van der Waals surface area contributed by atoms with Crippen LogP contribution in [0.5, 0.6) is 0 Å². The normalized spacial score (nSPS) is 17.7. The second kappa shape index (κ2) is 6.17. The van der Waals surface area contributed by atoms with Crippen LogP contribution >= 0.6 is 0 Å². The number of likely N-dealkylation sites (N-methyl/N-ethyl adjacent to an activating group) is 1. The fourth-order valence-electron chi connectivity index (χ4n) is 3.49. The zero-order chi connectivity index (χ0) is 16.5. The third-order valence-electron chi connectivity index (χ3n) is 4.70. The first kappa shape index (κ1) is 15.0. The van der Waals surface area contributed by atoms with Crippen LogP contribution in [0.15, 0.2) is 48.8 Å². The summed E-state index contributed by atoms with van der Waals surface area (Å²) in [6.07, 6.45) is 4.56. The molecule has 0 N–H and O–H groups in total. The topological polar surface area (TPSA) is 46.8 Å². The van der Waals surface area contributed by atoms with Gasteiger partial charge in [0.15, 0.2) is 0 Å². The minimum atomic E-state index is 0.235. The Hall–Kier alpha value is -2.53. The Morgan fingerprint density at radius 3 is 2.58 bits per heavy atom. The molecule has 5 nitrogen and oxygen atoms in total. The molecule has 0 aliphatic carbocycles. The number of hydrogen-bond donors (Lipinski definition) is 0. The van der Waals surface area contributed by atoms with Crippen LogP contribution < -0.4 is 0 Å². The molecule has 1 aromatic carbocycles. The highest BCUT2D eigenvalue weighted by atomic mass is 15.4. The van der Waals surface area contributed by atoms with Crippen LogP contribution in [0.4, 0.5) is 0 Å². The van der Waals surface area contributed by atoms with Crippen molar-refractivity contribution in [2.45, 2.75) is 32.9 Å². The third kappa shape index (κ3) is 2.61. The molecule has 1 aliphatic heterocycles. The van der Waals surface area contributed by atoms with E-state index in [1.165, 1.54) is 11.1 Å². The highest BCUT2D eigenvalue weighted by molar-refractivity contribution is 5.34. The Balaban J connectivity index is 1.78. The van der Waals surface area contributed by atoms with Gasteiger partial charge in [0, 0.05) is 18.9 Å². The molecule has 0 saturated carbocycles. The van der Waals surface area contributed by atoms with E-state index >= 15 is 0 Å². The fraction of sp³-hybridized carbons (Fsp3) is 0.316. The monoisotopic (exact) mass is 319 g/mol.